The molecule has 2 aromatic carbocycles. The van der Waals surface area contributed by atoms with Gasteiger partial charge in [-0.25, -0.2) is 4.39 Å². The minimum atomic E-state index is -0.465. The molecule has 0 aliphatic heterocycles. The summed E-state index contributed by atoms with van der Waals surface area (Å²) in [7, 11) is 1.57. The number of hydrogen-bond acceptors (Lipinski definition) is 2. The zero-order valence-corrected chi connectivity index (χ0v) is 10.9. The van der Waals surface area contributed by atoms with E-state index in [2.05, 4.69) is 0 Å². The number of ether oxygens (including phenoxy) is 1. The zero-order valence-electron chi connectivity index (χ0n) is 10.9. The molecule has 98 valence electrons. The van der Waals surface area contributed by atoms with Gasteiger partial charge < -0.3 is 4.74 Å². The van der Waals surface area contributed by atoms with Gasteiger partial charge in [-0.3, -0.25) is 4.79 Å². The molecule has 0 saturated carbocycles. The van der Waals surface area contributed by atoms with E-state index >= 15 is 0 Å². The third kappa shape index (κ3) is 3.19. The number of Topliss-reactive ketones (excluding diaryl/α,β-unsaturated/α-hetero) is 1. The van der Waals surface area contributed by atoms with Crippen LogP contribution in [0.5, 0.6) is 5.75 Å². The standard InChI is InChI=1S/C16H15FO2/c1-11-6-7-14(15(17)8-11)16(18)10-12-4-3-5-13(9-12)19-2/h3-9H,10H2,1-2H3. The molecule has 0 saturated heterocycles. The molecule has 0 aliphatic carbocycles. The fourth-order valence-electron chi connectivity index (χ4n) is 1.91. The van der Waals surface area contributed by atoms with Crippen LogP contribution in [0.1, 0.15) is 21.5 Å². The fraction of sp³-hybridized carbons (Fsp3) is 0.188. The first-order valence-corrected chi connectivity index (χ1v) is 6.02. The third-order valence-electron chi connectivity index (χ3n) is 2.92. The average Bonchev–Trinajstić information content (AvgIpc) is 2.38. The summed E-state index contributed by atoms with van der Waals surface area (Å²) in [6, 6.07) is 11.9. The Bertz CT molecular complexity index is 605. The van der Waals surface area contributed by atoms with Crippen molar-refractivity contribution in [1.29, 1.82) is 0 Å². The third-order valence-corrected chi connectivity index (χ3v) is 2.92. The van der Waals surface area contributed by atoms with Crippen molar-refractivity contribution < 1.29 is 13.9 Å². The molecule has 2 rings (SSSR count). The van der Waals surface area contributed by atoms with Crippen molar-refractivity contribution in [3.8, 4) is 5.75 Å². The van der Waals surface area contributed by atoms with Crippen molar-refractivity contribution in [1.82, 2.24) is 0 Å². The summed E-state index contributed by atoms with van der Waals surface area (Å²) in [6.07, 6.45) is 0.164. The predicted octanol–water partition coefficient (Wildman–Crippen LogP) is 3.57. The Morgan fingerprint density at radius 3 is 2.68 bits per heavy atom. The summed E-state index contributed by atoms with van der Waals surface area (Å²) in [5.74, 6) is -0.00618. The van der Waals surface area contributed by atoms with E-state index in [1.54, 1.807) is 32.2 Å². The van der Waals surface area contributed by atoms with Crippen LogP contribution < -0.4 is 4.74 Å². The Morgan fingerprint density at radius 2 is 2.00 bits per heavy atom. The summed E-state index contributed by atoms with van der Waals surface area (Å²) in [5.41, 5.74) is 1.74. The van der Waals surface area contributed by atoms with Crippen molar-refractivity contribution in [3.63, 3.8) is 0 Å². The minimum absolute atomic E-state index is 0.133. The van der Waals surface area contributed by atoms with Gasteiger partial charge in [0, 0.05) is 6.42 Å². The molecule has 0 unspecified atom stereocenters. The van der Waals surface area contributed by atoms with Gasteiger partial charge in [0.25, 0.3) is 0 Å². The molecule has 0 N–H and O–H groups in total. The monoisotopic (exact) mass is 258 g/mol. The summed E-state index contributed by atoms with van der Waals surface area (Å²) in [4.78, 5) is 12.1. The van der Waals surface area contributed by atoms with E-state index in [0.29, 0.717) is 5.75 Å². The molecule has 0 radical (unpaired) electrons. The number of methoxy groups -OCH3 is 1. The molecule has 0 spiro atoms. The second kappa shape index (κ2) is 5.65. The first kappa shape index (κ1) is 13.3. The maximum atomic E-state index is 13.7. The van der Waals surface area contributed by atoms with E-state index in [0.717, 1.165) is 11.1 Å². The van der Waals surface area contributed by atoms with Crippen molar-refractivity contribution >= 4 is 5.78 Å². The van der Waals surface area contributed by atoms with E-state index in [-0.39, 0.29) is 17.8 Å². The highest BCUT2D eigenvalue weighted by Gasteiger charge is 2.12. The van der Waals surface area contributed by atoms with Gasteiger partial charge in [-0.05, 0) is 42.3 Å². The highest BCUT2D eigenvalue weighted by Crippen LogP contribution is 2.16. The molecular formula is C16H15FO2. The van der Waals surface area contributed by atoms with Crippen LogP contribution in [0.3, 0.4) is 0 Å². The topological polar surface area (TPSA) is 26.3 Å². The normalized spacial score (nSPS) is 10.3. The summed E-state index contributed by atoms with van der Waals surface area (Å²) >= 11 is 0. The Labute approximate surface area is 111 Å². The zero-order chi connectivity index (χ0) is 13.8. The Balaban J connectivity index is 2.20. The fourth-order valence-corrected chi connectivity index (χ4v) is 1.91. The number of carbonyl (C=O) groups is 1. The average molecular weight is 258 g/mol. The number of halogens is 1. The van der Waals surface area contributed by atoms with Crippen molar-refractivity contribution in [3.05, 3.63) is 65.0 Å². The number of ketones is 1. The van der Waals surface area contributed by atoms with Crippen molar-refractivity contribution in [2.24, 2.45) is 0 Å². The number of rotatable bonds is 4. The van der Waals surface area contributed by atoms with Crippen LogP contribution in [0.2, 0.25) is 0 Å². The molecule has 0 atom stereocenters. The maximum absolute atomic E-state index is 13.7. The van der Waals surface area contributed by atoms with E-state index < -0.39 is 5.82 Å². The van der Waals surface area contributed by atoms with Crippen LogP contribution in [-0.2, 0) is 6.42 Å². The first-order chi connectivity index (χ1) is 9.10. The lowest BCUT2D eigenvalue weighted by atomic mass is 10.0. The van der Waals surface area contributed by atoms with E-state index in [4.69, 9.17) is 4.74 Å². The van der Waals surface area contributed by atoms with Crippen LogP contribution in [0.15, 0.2) is 42.5 Å². The van der Waals surface area contributed by atoms with Gasteiger partial charge >= 0.3 is 0 Å². The van der Waals surface area contributed by atoms with Crippen molar-refractivity contribution in [2.45, 2.75) is 13.3 Å². The molecule has 0 amide bonds. The summed E-state index contributed by atoms with van der Waals surface area (Å²) < 4.78 is 18.8. The molecule has 0 aliphatic rings. The molecule has 0 aromatic heterocycles. The van der Waals surface area contributed by atoms with E-state index in [1.807, 2.05) is 12.1 Å². The predicted molar refractivity (Wildman–Crippen MR) is 72.2 cm³/mol. The quantitative estimate of drug-likeness (QED) is 0.784. The lowest BCUT2D eigenvalue weighted by Gasteiger charge is -2.05. The molecule has 0 fully saturated rings. The lowest BCUT2D eigenvalue weighted by Crippen LogP contribution is -2.06. The van der Waals surface area contributed by atoms with Crippen LogP contribution in [0, 0.1) is 12.7 Å². The van der Waals surface area contributed by atoms with Gasteiger partial charge in [0.05, 0.1) is 12.7 Å². The molecule has 2 nitrogen and oxygen atoms in total. The number of carbonyl (C=O) groups excluding carboxylic acids is 1. The molecule has 2 aromatic rings. The molecule has 0 heterocycles. The Hall–Kier alpha value is -2.16. The van der Waals surface area contributed by atoms with Crippen LogP contribution >= 0.6 is 0 Å². The lowest BCUT2D eigenvalue weighted by molar-refractivity contribution is 0.0989. The smallest absolute Gasteiger partial charge is 0.170 e. The molecule has 0 bridgehead atoms. The highest BCUT2D eigenvalue weighted by molar-refractivity contribution is 5.97. The second-order valence-electron chi connectivity index (χ2n) is 4.43. The number of aryl methyl sites for hydroxylation is 1. The summed E-state index contributed by atoms with van der Waals surface area (Å²) in [6.45, 7) is 1.79. The van der Waals surface area contributed by atoms with Crippen LogP contribution in [-0.4, -0.2) is 12.9 Å². The van der Waals surface area contributed by atoms with Gasteiger partial charge in [0.15, 0.2) is 5.78 Å². The SMILES string of the molecule is COc1cccc(CC(=O)c2ccc(C)cc2F)c1. The molecular weight excluding hydrogens is 243 g/mol. The maximum Gasteiger partial charge on any atom is 0.170 e. The van der Waals surface area contributed by atoms with Gasteiger partial charge in [-0.15, -0.1) is 0 Å². The van der Waals surface area contributed by atoms with Crippen molar-refractivity contribution in [2.75, 3.05) is 7.11 Å². The highest BCUT2D eigenvalue weighted by atomic mass is 19.1. The summed E-state index contributed by atoms with van der Waals surface area (Å²) in [5, 5.41) is 0. The van der Waals surface area contributed by atoms with Crippen LogP contribution in [0.25, 0.3) is 0 Å². The Morgan fingerprint density at radius 1 is 1.21 bits per heavy atom. The molecule has 3 heteroatoms. The van der Waals surface area contributed by atoms with Gasteiger partial charge in [-0.1, -0.05) is 18.2 Å². The van der Waals surface area contributed by atoms with Gasteiger partial charge in [0.1, 0.15) is 11.6 Å². The number of benzene rings is 2. The first-order valence-electron chi connectivity index (χ1n) is 6.02. The van der Waals surface area contributed by atoms with E-state index in [1.165, 1.54) is 12.1 Å². The largest absolute Gasteiger partial charge is 0.497 e. The number of hydrogen-bond donors (Lipinski definition) is 0. The van der Waals surface area contributed by atoms with Gasteiger partial charge in [-0.2, -0.15) is 0 Å². The minimum Gasteiger partial charge on any atom is -0.497 e. The van der Waals surface area contributed by atoms with E-state index in [9.17, 15) is 9.18 Å². The van der Waals surface area contributed by atoms with Gasteiger partial charge in [0.2, 0.25) is 0 Å². The second-order valence-corrected chi connectivity index (χ2v) is 4.43. The van der Waals surface area contributed by atoms with Crippen LogP contribution in [0.4, 0.5) is 4.39 Å². The molecule has 19 heavy (non-hydrogen) atoms. The Kier molecular flexibility index (Phi) is 3.95.